The van der Waals surface area contributed by atoms with E-state index in [0.717, 1.165) is 17.8 Å². The molecule has 1 aromatic rings. The molecule has 0 aliphatic rings. The Labute approximate surface area is 115 Å². The van der Waals surface area contributed by atoms with E-state index in [9.17, 15) is 8.42 Å². The standard InChI is InChI=1S/C9H12ClN3O3S2/c1-18(14,15)5-4-16-3-2-12-9-7(6-11)8(10)13-17-9/h12H,2-5H2,1H3. The Hall–Kier alpha value is -0.880. The van der Waals surface area contributed by atoms with Crippen LogP contribution in [0, 0.1) is 11.3 Å². The van der Waals surface area contributed by atoms with Gasteiger partial charge in [0.1, 0.15) is 26.5 Å². The lowest BCUT2D eigenvalue weighted by molar-refractivity contribution is 0.159. The maximum Gasteiger partial charge on any atom is 0.162 e. The van der Waals surface area contributed by atoms with Crippen LogP contribution in [0.4, 0.5) is 5.00 Å². The zero-order valence-corrected chi connectivity index (χ0v) is 12.0. The molecule has 0 amide bonds. The van der Waals surface area contributed by atoms with Crippen molar-refractivity contribution in [1.29, 1.82) is 5.26 Å². The third-order valence-electron chi connectivity index (χ3n) is 1.89. The van der Waals surface area contributed by atoms with Crippen LogP contribution in [0.5, 0.6) is 0 Å². The molecular formula is C9H12ClN3O3S2. The van der Waals surface area contributed by atoms with Crippen molar-refractivity contribution < 1.29 is 13.2 Å². The van der Waals surface area contributed by atoms with Crippen LogP contribution in [0.1, 0.15) is 5.56 Å². The van der Waals surface area contributed by atoms with Crippen molar-refractivity contribution in [3.63, 3.8) is 0 Å². The number of nitriles is 1. The van der Waals surface area contributed by atoms with Gasteiger partial charge in [-0.3, -0.25) is 0 Å². The van der Waals surface area contributed by atoms with Crippen molar-refractivity contribution in [2.45, 2.75) is 0 Å². The average molecular weight is 310 g/mol. The average Bonchev–Trinajstić information content (AvgIpc) is 2.62. The fraction of sp³-hybridized carbons (Fsp3) is 0.556. The Morgan fingerprint density at radius 1 is 1.56 bits per heavy atom. The van der Waals surface area contributed by atoms with Gasteiger partial charge in [0.15, 0.2) is 5.15 Å². The predicted molar refractivity (Wildman–Crippen MR) is 70.9 cm³/mol. The highest BCUT2D eigenvalue weighted by atomic mass is 35.5. The quantitative estimate of drug-likeness (QED) is 0.759. The first-order valence-corrected chi connectivity index (χ1v) is 8.20. The molecule has 0 saturated heterocycles. The fourth-order valence-corrected chi connectivity index (χ4v) is 2.42. The van der Waals surface area contributed by atoms with Crippen LogP contribution >= 0.6 is 23.1 Å². The summed E-state index contributed by atoms with van der Waals surface area (Å²) in [5.41, 5.74) is 0.317. The maximum absolute atomic E-state index is 10.8. The van der Waals surface area contributed by atoms with Crippen LogP contribution in [0.2, 0.25) is 5.15 Å². The number of hydrogen-bond acceptors (Lipinski definition) is 7. The van der Waals surface area contributed by atoms with Crippen LogP contribution in [0.25, 0.3) is 0 Å². The second-order valence-electron chi connectivity index (χ2n) is 3.46. The third kappa shape index (κ3) is 5.18. The summed E-state index contributed by atoms with van der Waals surface area (Å²) in [7, 11) is -2.98. The van der Waals surface area contributed by atoms with Gasteiger partial charge in [-0.25, -0.2) is 8.42 Å². The van der Waals surface area contributed by atoms with Gasteiger partial charge in [-0.2, -0.15) is 9.64 Å². The molecule has 1 heterocycles. The van der Waals surface area contributed by atoms with Crippen LogP contribution in [0.15, 0.2) is 0 Å². The number of nitrogens with zero attached hydrogens (tertiary/aromatic N) is 2. The van der Waals surface area contributed by atoms with Crippen molar-refractivity contribution in [2.75, 3.05) is 37.1 Å². The van der Waals surface area contributed by atoms with Crippen molar-refractivity contribution >= 4 is 38.0 Å². The molecule has 1 aromatic heterocycles. The second-order valence-corrected chi connectivity index (χ2v) is 6.85. The molecule has 1 rings (SSSR count). The molecule has 0 spiro atoms. The van der Waals surface area contributed by atoms with Crippen LogP contribution in [-0.4, -0.2) is 44.6 Å². The van der Waals surface area contributed by atoms with Gasteiger partial charge in [0.2, 0.25) is 0 Å². The summed E-state index contributed by atoms with van der Waals surface area (Å²) in [6.45, 7) is 0.960. The second kappa shape index (κ2) is 6.89. The molecule has 1 N–H and O–H groups in total. The number of halogens is 1. The van der Waals surface area contributed by atoms with Crippen LogP contribution in [0.3, 0.4) is 0 Å². The highest BCUT2D eigenvalue weighted by Gasteiger charge is 2.10. The van der Waals surface area contributed by atoms with Gasteiger partial charge in [0.05, 0.1) is 19.0 Å². The number of ether oxygens (including phenoxy) is 1. The first kappa shape index (κ1) is 15.2. The van der Waals surface area contributed by atoms with E-state index in [-0.39, 0.29) is 17.5 Å². The molecule has 100 valence electrons. The first-order valence-electron chi connectivity index (χ1n) is 4.98. The van der Waals surface area contributed by atoms with Gasteiger partial charge in [0, 0.05) is 12.8 Å². The summed E-state index contributed by atoms with van der Waals surface area (Å²) in [5.74, 6) is 0.00281. The third-order valence-corrected chi connectivity index (χ3v) is 3.98. The summed E-state index contributed by atoms with van der Waals surface area (Å²) in [4.78, 5) is 0. The lowest BCUT2D eigenvalue weighted by Gasteiger charge is -2.05. The SMILES string of the molecule is CS(=O)(=O)CCOCCNc1snc(Cl)c1C#N. The van der Waals surface area contributed by atoms with Crippen molar-refractivity contribution in [3.05, 3.63) is 10.7 Å². The Morgan fingerprint density at radius 3 is 2.89 bits per heavy atom. The Bertz CT molecular complexity index is 536. The molecule has 0 bridgehead atoms. The number of rotatable bonds is 7. The van der Waals surface area contributed by atoms with E-state index in [0.29, 0.717) is 23.7 Å². The highest BCUT2D eigenvalue weighted by molar-refractivity contribution is 7.90. The van der Waals surface area contributed by atoms with Gasteiger partial charge < -0.3 is 10.1 Å². The van der Waals surface area contributed by atoms with E-state index in [1.165, 1.54) is 0 Å². The summed E-state index contributed by atoms with van der Waals surface area (Å²) >= 11 is 6.80. The van der Waals surface area contributed by atoms with Crippen LogP contribution in [-0.2, 0) is 14.6 Å². The fourth-order valence-electron chi connectivity index (χ4n) is 1.04. The van der Waals surface area contributed by atoms with E-state index in [1.54, 1.807) is 0 Å². The van der Waals surface area contributed by atoms with Crippen molar-refractivity contribution in [3.8, 4) is 6.07 Å². The van der Waals surface area contributed by atoms with E-state index in [1.807, 2.05) is 6.07 Å². The summed E-state index contributed by atoms with van der Waals surface area (Å²) in [6.07, 6.45) is 1.16. The Kier molecular flexibility index (Phi) is 5.81. The number of aromatic nitrogens is 1. The molecule has 0 aromatic carbocycles. The van der Waals surface area contributed by atoms with Gasteiger partial charge >= 0.3 is 0 Å². The molecule has 0 atom stereocenters. The largest absolute Gasteiger partial charge is 0.379 e. The zero-order valence-electron chi connectivity index (χ0n) is 9.64. The molecule has 0 saturated carbocycles. The number of hydrogen-bond donors (Lipinski definition) is 1. The minimum Gasteiger partial charge on any atom is -0.379 e. The van der Waals surface area contributed by atoms with Gasteiger partial charge in [-0.15, -0.1) is 0 Å². The maximum atomic E-state index is 10.8. The molecule has 9 heteroatoms. The minimum absolute atomic E-state index is 0.00281. The Morgan fingerprint density at radius 2 is 2.28 bits per heavy atom. The van der Waals surface area contributed by atoms with Gasteiger partial charge in [0.25, 0.3) is 0 Å². The number of sulfone groups is 1. The van der Waals surface area contributed by atoms with E-state index >= 15 is 0 Å². The number of nitrogens with one attached hydrogen (secondary N) is 1. The smallest absolute Gasteiger partial charge is 0.162 e. The van der Waals surface area contributed by atoms with E-state index in [2.05, 4.69) is 9.69 Å². The molecular weight excluding hydrogens is 298 g/mol. The summed E-state index contributed by atoms with van der Waals surface area (Å²) in [6, 6.07) is 1.95. The highest BCUT2D eigenvalue weighted by Crippen LogP contribution is 2.26. The molecule has 0 aliphatic heterocycles. The molecule has 0 radical (unpaired) electrons. The molecule has 0 aliphatic carbocycles. The first-order chi connectivity index (χ1) is 8.44. The monoisotopic (exact) mass is 309 g/mol. The molecule has 0 unspecified atom stereocenters. The van der Waals surface area contributed by atoms with Crippen LogP contribution < -0.4 is 5.32 Å². The summed E-state index contributed by atoms with van der Waals surface area (Å²) < 4.78 is 30.6. The minimum atomic E-state index is -2.98. The van der Waals surface area contributed by atoms with Crippen molar-refractivity contribution in [1.82, 2.24) is 4.37 Å². The Balaban J connectivity index is 2.25. The zero-order chi connectivity index (χ0) is 13.6. The molecule has 0 fully saturated rings. The normalized spacial score (nSPS) is 11.2. The summed E-state index contributed by atoms with van der Waals surface area (Å²) in [5, 5.41) is 12.5. The molecule has 18 heavy (non-hydrogen) atoms. The lowest BCUT2D eigenvalue weighted by atomic mass is 10.4. The van der Waals surface area contributed by atoms with Gasteiger partial charge in [-0.1, -0.05) is 11.6 Å². The predicted octanol–water partition coefficient (Wildman–Crippen LogP) is 1.14. The van der Waals surface area contributed by atoms with E-state index < -0.39 is 9.84 Å². The molecule has 6 nitrogen and oxygen atoms in total. The van der Waals surface area contributed by atoms with Gasteiger partial charge in [-0.05, 0) is 11.5 Å². The number of anilines is 1. The van der Waals surface area contributed by atoms with Crippen molar-refractivity contribution in [2.24, 2.45) is 0 Å². The lowest BCUT2D eigenvalue weighted by Crippen LogP contribution is -2.14. The van der Waals surface area contributed by atoms with E-state index in [4.69, 9.17) is 21.6 Å². The topological polar surface area (TPSA) is 92.1 Å².